The van der Waals surface area contributed by atoms with Gasteiger partial charge in [0.1, 0.15) is 0 Å². The Morgan fingerprint density at radius 2 is 1.85 bits per heavy atom. The molecule has 0 saturated carbocycles. The van der Waals surface area contributed by atoms with Gasteiger partial charge in [-0.3, -0.25) is 4.79 Å². The van der Waals surface area contributed by atoms with Gasteiger partial charge in [-0.05, 0) is 0 Å². The molecule has 0 unspecified atom stereocenters. The molecule has 0 fully saturated rings. The highest BCUT2D eigenvalue weighted by Crippen LogP contribution is 2.36. The third-order valence-electron chi connectivity index (χ3n) is 3.52. The van der Waals surface area contributed by atoms with E-state index in [9.17, 15) is 18.0 Å². The molecule has 0 atom stereocenters. The van der Waals surface area contributed by atoms with Crippen LogP contribution in [0.25, 0.3) is 17.2 Å². The smallest absolute Gasteiger partial charge is 0.435 e. The molecule has 0 radical (unpaired) electrons. The van der Waals surface area contributed by atoms with Crippen molar-refractivity contribution in [3.63, 3.8) is 0 Å². The van der Waals surface area contributed by atoms with Crippen LogP contribution in [0.3, 0.4) is 0 Å². The van der Waals surface area contributed by atoms with Gasteiger partial charge in [0.2, 0.25) is 0 Å². The second-order valence-electron chi connectivity index (χ2n) is 5.15. The lowest BCUT2D eigenvalue weighted by molar-refractivity contribution is -0.140. The number of hydrogen-bond acceptors (Lipinski definition) is 6. The van der Waals surface area contributed by atoms with Gasteiger partial charge in [0.05, 0.1) is 37.0 Å². The van der Waals surface area contributed by atoms with E-state index in [2.05, 4.69) is 20.1 Å². The molecule has 0 aliphatic carbocycles. The predicted octanol–water partition coefficient (Wildman–Crippen LogP) is 1.19. The topological polar surface area (TPSA) is 114 Å². The molecule has 3 aromatic heterocycles. The number of ether oxygens (including phenoxy) is 1. The van der Waals surface area contributed by atoms with Crippen molar-refractivity contribution in [1.82, 2.24) is 29.3 Å². The van der Waals surface area contributed by atoms with E-state index in [0.29, 0.717) is 5.75 Å². The SMILES string of the molecule is COc1cnc(-n2cc(-c3cnc(C(N)=O)n3C)c(C(F)(F)F)n2)nc1. The van der Waals surface area contributed by atoms with Crippen molar-refractivity contribution in [3.8, 4) is 23.0 Å². The van der Waals surface area contributed by atoms with Gasteiger partial charge in [-0.2, -0.15) is 18.3 Å². The Morgan fingerprint density at radius 3 is 2.35 bits per heavy atom. The minimum absolute atomic E-state index is 0.0193. The summed E-state index contributed by atoms with van der Waals surface area (Å²) in [6.07, 6.45) is 0.0701. The van der Waals surface area contributed by atoms with Crippen molar-refractivity contribution in [2.75, 3.05) is 7.11 Å². The van der Waals surface area contributed by atoms with Gasteiger partial charge >= 0.3 is 6.18 Å². The summed E-state index contributed by atoms with van der Waals surface area (Å²) in [6, 6.07) is 0. The Bertz CT molecular complexity index is 960. The minimum atomic E-state index is -4.75. The summed E-state index contributed by atoms with van der Waals surface area (Å²) >= 11 is 0. The number of nitrogens with zero attached hydrogens (tertiary/aromatic N) is 6. The van der Waals surface area contributed by atoms with E-state index in [1.165, 1.54) is 26.6 Å². The Balaban J connectivity index is 2.15. The Hall–Kier alpha value is -3.44. The van der Waals surface area contributed by atoms with E-state index >= 15 is 0 Å². The molecule has 3 heterocycles. The molecular weight excluding hydrogens is 355 g/mol. The number of carbonyl (C=O) groups excluding carboxylic acids is 1. The maximum absolute atomic E-state index is 13.4. The number of nitrogens with two attached hydrogens (primary N) is 1. The highest BCUT2D eigenvalue weighted by atomic mass is 19.4. The molecule has 0 aliphatic heterocycles. The van der Waals surface area contributed by atoms with Gasteiger partial charge < -0.3 is 15.0 Å². The fourth-order valence-corrected chi connectivity index (χ4v) is 2.29. The van der Waals surface area contributed by atoms with Gasteiger partial charge in [0.25, 0.3) is 11.9 Å². The number of hydrogen-bond donors (Lipinski definition) is 1. The molecule has 136 valence electrons. The van der Waals surface area contributed by atoms with Crippen LogP contribution in [0.5, 0.6) is 5.75 Å². The zero-order valence-corrected chi connectivity index (χ0v) is 13.5. The first kappa shape index (κ1) is 17.4. The molecule has 1 amide bonds. The molecule has 3 rings (SSSR count). The zero-order chi connectivity index (χ0) is 19.1. The molecule has 3 aromatic rings. The fourth-order valence-electron chi connectivity index (χ4n) is 2.29. The number of aromatic nitrogens is 6. The fraction of sp³-hybridized carbons (Fsp3) is 0.214. The van der Waals surface area contributed by atoms with E-state index in [-0.39, 0.29) is 23.0 Å². The summed E-state index contributed by atoms with van der Waals surface area (Å²) in [5.74, 6) is -0.783. The first-order valence-electron chi connectivity index (χ1n) is 7.07. The van der Waals surface area contributed by atoms with Crippen LogP contribution >= 0.6 is 0 Å². The quantitative estimate of drug-likeness (QED) is 0.741. The summed E-state index contributed by atoms with van der Waals surface area (Å²) in [7, 11) is 2.79. The standard InChI is InChI=1S/C14H12F3N7O2/c1-23-9(5-19-12(23)11(18)25)8-6-24(22-10(8)14(15,16)17)13-20-3-7(26-2)4-21-13/h3-6H,1-2H3,(H2,18,25). The summed E-state index contributed by atoms with van der Waals surface area (Å²) < 4.78 is 47.2. The van der Waals surface area contributed by atoms with Crippen molar-refractivity contribution < 1.29 is 22.7 Å². The van der Waals surface area contributed by atoms with Crippen molar-refractivity contribution in [2.45, 2.75) is 6.18 Å². The number of primary amides is 1. The highest BCUT2D eigenvalue weighted by molar-refractivity contribution is 5.90. The Kier molecular flexibility index (Phi) is 4.10. The lowest BCUT2D eigenvalue weighted by atomic mass is 10.2. The number of halogens is 3. The van der Waals surface area contributed by atoms with Crippen LogP contribution in [0, 0.1) is 0 Å². The van der Waals surface area contributed by atoms with E-state index in [1.54, 1.807) is 0 Å². The van der Waals surface area contributed by atoms with E-state index in [1.807, 2.05) is 0 Å². The number of imidazole rings is 1. The molecule has 0 bridgehead atoms. The van der Waals surface area contributed by atoms with Gasteiger partial charge in [-0.15, -0.1) is 0 Å². The van der Waals surface area contributed by atoms with Crippen molar-refractivity contribution >= 4 is 5.91 Å². The minimum Gasteiger partial charge on any atom is -0.494 e. The summed E-state index contributed by atoms with van der Waals surface area (Å²) in [4.78, 5) is 22.9. The second kappa shape index (κ2) is 6.13. The van der Waals surface area contributed by atoms with Crippen LogP contribution in [-0.4, -0.2) is 42.3 Å². The van der Waals surface area contributed by atoms with Crippen LogP contribution in [-0.2, 0) is 13.2 Å². The first-order chi connectivity index (χ1) is 12.2. The molecule has 9 nitrogen and oxygen atoms in total. The monoisotopic (exact) mass is 367 g/mol. The number of rotatable bonds is 4. The highest BCUT2D eigenvalue weighted by Gasteiger charge is 2.39. The second-order valence-corrected chi connectivity index (χ2v) is 5.15. The third kappa shape index (κ3) is 2.96. The van der Waals surface area contributed by atoms with Gasteiger partial charge in [-0.1, -0.05) is 0 Å². The number of carbonyl (C=O) groups is 1. The maximum Gasteiger partial charge on any atom is 0.435 e. The molecular formula is C14H12F3N7O2. The molecule has 0 aromatic carbocycles. The number of amides is 1. The van der Waals surface area contributed by atoms with Crippen LogP contribution in [0.1, 0.15) is 16.3 Å². The van der Waals surface area contributed by atoms with Gasteiger partial charge in [-0.25, -0.2) is 19.6 Å². The zero-order valence-electron chi connectivity index (χ0n) is 13.5. The third-order valence-corrected chi connectivity index (χ3v) is 3.52. The largest absolute Gasteiger partial charge is 0.494 e. The normalized spacial score (nSPS) is 11.6. The van der Waals surface area contributed by atoms with E-state index in [4.69, 9.17) is 10.5 Å². The molecule has 26 heavy (non-hydrogen) atoms. The molecule has 0 spiro atoms. The van der Waals surface area contributed by atoms with E-state index in [0.717, 1.165) is 21.6 Å². The summed E-state index contributed by atoms with van der Waals surface area (Å²) in [5.41, 5.74) is 3.71. The van der Waals surface area contributed by atoms with Crippen LogP contribution in [0.15, 0.2) is 24.8 Å². The Morgan fingerprint density at radius 1 is 1.19 bits per heavy atom. The lowest BCUT2D eigenvalue weighted by Crippen LogP contribution is -2.17. The van der Waals surface area contributed by atoms with Crippen molar-refractivity contribution in [1.29, 1.82) is 0 Å². The Labute approximate surface area is 144 Å². The molecule has 0 aliphatic rings. The maximum atomic E-state index is 13.4. The van der Waals surface area contributed by atoms with E-state index < -0.39 is 17.8 Å². The average Bonchev–Trinajstić information content (AvgIpc) is 3.18. The molecule has 2 N–H and O–H groups in total. The van der Waals surface area contributed by atoms with Crippen LogP contribution < -0.4 is 10.5 Å². The van der Waals surface area contributed by atoms with Gasteiger partial charge in [0, 0.05) is 13.2 Å². The average molecular weight is 367 g/mol. The number of alkyl halides is 3. The predicted molar refractivity (Wildman–Crippen MR) is 81.4 cm³/mol. The molecule has 12 heteroatoms. The summed E-state index contributed by atoms with van der Waals surface area (Å²) in [6.45, 7) is 0. The lowest BCUT2D eigenvalue weighted by Gasteiger charge is -2.07. The van der Waals surface area contributed by atoms with Gasteiger partial charge in [0.15, 0.2) is 17.3 Å². The van der Waals surface area contributed by atoms with Crippen molar-refractivity contribution in [2.24, 2.45) is 12.8 Å². The first-order valence-corrected chi connectivity index (χ1v) is 7.07. The molecule has 0 saturated heterocycles. The van der Waals surface area contributed by atoms with Crippen molar-refractivity contribution in [3.05, 3.63) is 36.3 Å². The van der Waals surface area contributed by atoms with Crippen LogP contribution in [0.4, 0.5) is 13.2 Å². The summed E-state index contributed by atoms with van der Waals surface area (Å²) in [5, 5.41) is 3.55. The number of methoxy groups -OCH3 is 1. The van der Waals surface area contributed by atoms with Crippen LogP contribution in [0.2, 0.25) is 0 Å².